The molecule has 0 aliphatic carbocycles. The Morgan fingerprint density at radius 1 is 1.29 bits per heavy atom. The van der Waals surface area contributed by atoms with Crippen LogP contribution in [-0.4, -0.2) is 4.92 Å². The van der Waals surface area contributed by atoms with E-state index in [0.717, 1.165) is 5.56 Å². The Morgan fingerprint density at radius 2 is 2.05 bits per heavy atom. The van der Waals surface area contributed by atoms with Crippen LogP contribution in [0.15, 0.2) is 36.4 Å². The average molecular weight is 375 g/mol. The summed E-state index contributed by atoms with van der Waals surface area (Å²) >= 11 is 9.18. The second kappa shape index (κ2) is 6.87. The highest BCUT2D eigenvalue weighted by Crippen LogP contribution is 2.25. The number of halogens is 3. The fourth-order valence-electron chi connectivity index (χ4n) is 1.67. The first kappa shape index (κ1) is 15.7. The summed E-state index contributed by atoms with van der Waals surface area (Å²) in [6.07, 6.45) is 0. The number of nitrogens with zero attached hydrogens (tertiary/aromatic N) is 1. The molecule has 0 heterocycles. The smallest absolute Gasteiger partial charge is 0.270 e. The number of hydrogen-bond acceptors (Lipinski definition) is 3. The zero-order chi connectivity index (χ0) is 15.4. The summed E-state index contributed by atoms with van der Waals surface area (Å²) in [5, 5.41) is 11.4. The van der Waals surface area contributed by atoms with Crippen LogP contribution in [0.3, 0.4) is 0 Å². The molecule has 2 aromatic rings. The first-order valence-corrected chi connectivity index (χ1v) is 7.41. The lowest BCUT2D eigenvalue weighted by Gasteiger charge is -2.09. The van der Waals surface area contributed by atoms with Crippen molar-refractivity contribution >= 4 is 33.2 Å². The topological polar surface area (TPSA) is 52.4 Å². The molecule has 0 amide bonds. The molecule has 0 bridgehead atoms. The molecule has 0 radical (unpaired) electrons. The minimum Gasteiger partial charge on any atom is -0.486 e. The van der Waals surface area contributed by atoms with Crippen molar-refractivity contribution in [2.75, 3.05) is 0 Å². The van der Waals surface area contributed by atoms with Gasteiger partial charge in [-0.3, -0.25) is 10.1 Å². The zero-order valence-electron chi connectivity index (χ0n) is 10.7. The predicted molar refractivity (Wildman–Crippen MR) is 81.5 cm³/mol. The zero-order valence-corrected chi connectivity index (χ0v) is 13.0. The molecule has 0 saturated carbocycles. The number of hydrogen-bond donors (Lipinski definition) is 0. The molecule has 21 heavy (non-hydrogen) atoms. The lowest BCUT2D eigenvalue weighted by molar-refractivity contribution is -0.384. The second-order valence-electron chi connectivity index (χ2n) is 4.22. The van der Waals surface area contributed by atoms with E-state index in [1.807, 2.05) is 0 Å². The highest BCUT2D eigenvalue weighted by atomic mass is 79.9. The summed E-state index contributed by atoms with van der Waals surface area (Å²) in [4.78, 5) is 10.1. The molecule has 0 aliphatic rings. The van der Waals surface area contributed by atoms with Crippen molar-refractivity contribution in [3.63, 3.8) is 0 Å². The van der Waals surface area contributed by atoms with E-state index in [0.29, 0.717) is 10.9 Å². The second-order valence-corrected chi connectivity index (χ2v) is 5.19. The molecule has 0 aromatic heterocycles. The van der Waals surface area contributed by atoms with Crippen LogP contribution in [0.5, 0.6) is 5.75 Å². The van der Waals surface area contributed by atoms with Gasteiger partial charge in [-0.15, -0.1) is 0 Å². The van der Waals surface area contributed by atoms with Gasteiger partial charge in [0.1, 0.15) is 6.61 Å². The van der Waals surface area contributed by atoms with Gasteiger partial charge in [-0.05, 0) is 23.8 Å². The quantitative estimate of drug-likeness (QED) is 0.426. The van der Waals surface area contributed by atoms with E-state index in [9.17, 15) is 14.5 Å². The SMILES string of the molecule is O=[N+]([O-])c1ccc(COc2ccc(CBr)cc2F)c(Cl)c1. The maximum absolute atomic E-state index is 13.7. The number of alkyl halides is 1. The standard InChI is InChI=1S/C14H10BrClFNO3/c15-7-9-1-4-14(13(17)5-9)21-8-10-2-3-11(18(19)20)6-12(10)16/h1-6H,7-8H2. The molecule has 0 unspecified atom stereocenters. The fraction of sp³-hybridized carbons (Fsp3) is 0.143. The maximum atomic E-state index is 13.7. The summed E-state index contributed by atoms with van der Waals surface area (Å²) < 4.78 is 19.1. The Labute approximate surface area is 133 Å². The molecule has 0 aliphatic heterocycles. The van der Waals surface area contributed by atoms with E-state index in [2.05, 4.69) is 15.9 Å². The summed E-state index contributed by atoms with van der Waals surface area (Å²) in [6.45, 7) is 0.0292. The van der Waals surface area contributed by atoms with Crippen molar-refractivity contribution in [3.8, 4) is 5.75 Å². The van der Waals surface area contributed by atoms with Crippen LogP contribution >= 0.6 is 27.5 Å². The molecule has 0 fully saturated rings. The molecule has 0 spiro atoms. The van der Waals surface area contributed by atoms with Gasteiger partial charge in [0.2, 0.25) is 0 Å². The van der Waals surface area contributed by atoms with Crippen LogP contribution < -0.4 is 4.74 Å². The number of nitro groups is 1. The van der Waals surface area contributed by atoms with Gasteiger partial charge in [0.25, 0.3) is 5.69 Å². The van der Waals surface area contributed by atoms with E-state index in [1.165, 1.54) is 30.3 Å². The van der Waals surface area contributed by atoms with Crippen molar-refractivity contribution in [1.82, 2.24) is 0 Å². The van der Waals surface area contributed by atoms with Crippen LogP contribution in [0.1, 0.15) is 11.1 Å². The van der Waals surface area contributed by atoms with Crippen molar-refractivity contribution in [2.24, 2.45) is 0 Å². The molecule has 0 saturated heterocycles. The monoisotopic (exact) mass is 373 g/mol. The number of ether oxygens (including phenoxy) is 1. The molecule has 110 valence electrons. The third-order valence-corrected chi connectivity index (χ3v) is 3.78. The van der Waals surface area contributed by atoms with Crippen LogP contribution in [-0.2, 0) is 11.9 Å². The fourth-order valence-corrected chi connectivity index (χ4v) is 2.24. The van der Waals surface area contributed by atoms with Gasteiger partial charge >= 0.3 is 0 Å². The van der Waals surface area contributed by atoms with Gasteiger partial charge in [0.05, 0.1) is 9.95 Å². The highest BCUT2D eigenvalue weighted by Gasteiger charge is 2.11. The Bertz CT molecular complexity index is 681. The van der Waals surface area contributed by atoms with E-state index >= 15 is 0 Å². The van der Waals surface area contributed by atoms with E-state index in [1.54, 1.807) is 6.07 Å². The van der Waals surface area contributed by atoms with Crippen LogP contribution in [0, 0.1) is 15.9 Å². The summed E-state index contributed by atoms with van der Waals surface area (Å²) in [6, 6.07) is 8.71. The van der Waals surface area contributed by atoms with E-state index in [4.69, 9.17) is 16.3 Å². The lowest BCUT2D eigenvalue weighted by atomic mass is 10.2. The summed E-state index contributed by atoms with van der Waals surface area (Å²) in [7, 11) is 0. The molecule has 2 aromatic carbocycles. The third kappa shape index (κ3) is 3.92. The molecule has 2 rings (SSSR count). The number of non-ortho nitro benzene ring substituents is 1. The molecule has 7 heteroatoms. The largest absolute Gasteiger partial charge is 0.486 e. The van der Waals surface area contributed by atoms with Gasteiger partial charge in [-0.2, -0.15) is 0 Å². The molecular formula is C14H10BrClFNO3. The highest BCUT2D eigenvalue weighted by molar-refractivity contribution is 9.08. The van der Waals surface area contributed by atoms with Crippen LogP contribution in [0.25, 0.3) is 0 Å². The van der Waals surface area contributed by atoms with Gasteiger partial charge in [-0.1, -0.05) is 33.6 Å². The summed E-state index contributed by atoms with van der Waals surface area (Å²) in [5.41, 5.74) is 1.25. The Balaban J connectivity index is 2.11. The Morgan fingerprint density at radius 3 is 2.62 bits per heavy atom. The maximum Gasteiger partial charge on any atom is 0.270 e. The number of rotatable bonds is 5. The summed E-state index contributed by atoms with van der Waals surface area (Å²) in [5.74, 6) is -0.362. The molecular weight excluding hydrogens is 365 g/mol. The number of nitro benzene ring substituents is 1. The van der Waals surface area contributed by atoms with Gasteiger partial charge in [0, 0.05) is 23.0 Å². The van der Waals surface area contributed by atoms with E-state index in [-0.39, 0.29) is 23.1 Å². The minimum absolute atomic E-state index is 0.0292. The van der Waals surface area contributed by atoms with Gasteiger partial charge in [-0.25, -0.2) is 4.39 Å². The molecule has 0 atom stereocenters. The first-order valence-electron chi connectivity index (χ1n) is 5.91. The first-order chi connectivity index (χ1) is 10.0. The normalized spacial score (nSPS) is 10.4. The van der Waals surface area contributed by atoms with Crippen LogP contribution in [0.4, 0.5) is 10.1 Å². The number of benzene rings is 2. The lowest BCUT2D eigenvalue weighted by Crippen LogP contribution is -1.99. The van der Waals surface area contributed by atoms with Crippen molar-refractivity contribution in [1.29, 1.82) is 0 Å². The predicted octanol–water partition coefficient (Wildman–Crippen LogP) is 4.86. The van der Waals surface area contributed by atoms with Gasteiger partial charge < -0.3 is 4.74 Å². The Hall–Kier alpha value is -1.66. The average Bonchev–Trinajstić information content (AvgIpc) is 2.46. The van der Waals surface area contributed by atoms with Gasteiger partial charge in [0.15, 0.2) is 11.6 Å². The van der Waals surface area contributed by atoms with Crippen molar-refractivity contribution < 1.29 is 14.1 Å². The molecule has 4 nitrogen and oxygen atoms in total. The van der Waals surface area contributed by atoms with Crippen molar-refractivity contribution in [2.45, 2.75) is 11.9 Å². The minimum atomic E-state index is -0.533. The third-order valence-electron chi connectivity index (χ3n) is 2.78. The van der Waals surface area contributed by atoms with E-state index < -0.39 is 10.7 Å². The molecule has 0 N–H and O–H groups in total. The van der Waals surface area contributed by atoms with Crippen LogP contribution in [0.2, 0.25) is 5.02 Å². The Kier molecular flexibility index (Phi) is 5.14. The van der Waals surface area contributed by atoms with Crippen molar-refractivity contribution in [3.05, 3.63) is 68.5 Å².